The van der Waals surface area contributed by atoms with Gasteiger partial charge in [-0.3, -0.25) is 9.63 Å². The van der Waals surface area contributed by atoms with Gasteiger partial charge in [-0.05, 0) is 25.7 Å². The molecule has 0 N–H and O–H groups in total. The SMILES string of the molecule is C=C/C=C/CCC(CC/C=C/C=C)C(=O)N(C)OC. The van der Waals surface area contributed by atoms with Crippen LogP contribution in [0.25, 0.3) is 0 Å². The normalized spacial score (nSPS) is 11.3. The van der Waals surface area contributed by atoms with E-state index in [2.05, 4.69) is 13.2 Å². The summed E-state index contributed by atoms with van der Waals surface area (Å²) in [6.07, 6.45) is 14.7. The van der Waals surface area contributed by atoms with Gasteiger partial charge in [0.05, 0.1) is 7.11 Å². The molecule has 3 nitrogen and oxygen atoms in total. The molecule has 0 aliphatic rings. The first-order valence-corrected chi connectivity index (χ1v) is 6.54. The highest BCUT2D eigenvalue weighted by atomic mass is 16.7. The zero-order valence-electron chi connectivity index (χ0n) is 12.0. The smallest absolute Gasteiger partial charge is 0.248 e. The van der Waals surface area contributed by atoms with Gasteiger partial charge in [-0.1, -0.05) is 49.6 Å². The van der Waals surface area contributed by atoms with Crippen LogP contribution in [0.15, 0.2) is 49.6 Å². The van der Waals surface area contributed by atoms with Gasteiger partial charge < -0.3 is 0 Å². The summed E-state index contributed by atoms with van der Waals surface area (Å²) in [5.74, 6) is 0.00962. The average Bonchev–Trinajstić information content (AvgIpc) is 2.44. The van der Waals surface area contributed by atoms with Crippen LogP contribution in [0, 0.1) is 5.92 Å². The molecule has 0 bridgehead atoms. The molecule has 19 heavy (non-hydrogen) atoms. The minimum atomic E-state index is -0.0196. The third-order valence-corrected chi connectivity index (χ3v) is 2.84. The van der Waals surface area contributed by atoms with E-state index in [9.17, 15) is 4.79 Å². The summed E-state index contributed by atoms with van der Waals surface area (Å²) in [4.78, 5) is 17.1. The van der Waals surface area contributed by atoms with Crippen molar-refractivity contribution in [3.63, 3.8) is 0 Å². The number of allylic oxidation sites excluding steroid dienone is 6. The van der Waals surface area contributed by atoms with Crippen molar-refractivity contribution in [2.45, 2.75) is 25.7 Å². The topological polar surface area (TPSA) is 29.5 Å². The Bertz CT molecular complexity index is 310. The second-order valence-corrected chi connectivity index (χ2v) is 4.20. The van der Waals surface area contributed by atoms with E-state index >= 15 is 0 Å². The van der Waals surface area contributed by atoms with Crippen LogP contribution in [0.4, 0.5) is 0 Å². The molecule has 0 spiro atoms. The first kappa shape index (κ1) is 17.4. The fraction of sp³-hybridized carbons (Fsp3) is 0.438. The van der Waals surface area contributed by atoms with Crippen molar-refractivity contribution in [3.05, 3.63) is 49.6 Å². The molecule has 0 aliphatic heterocycles. The van der Waals surface area contributed by atoms with Gasteiger partial charge >= 0.3 is 0 Å². The zero-order valence-corrected chi connectivity index (χ0v) is 12.0. The lowest BCUT2D eigenvalue weighted by molar-refractivity contribution is -0.173. The molecule has 1 amide bonds. The van der Waals surface area contributed by atoms with E-state index < -0.39 is 0 Å². The third kappa shape index (κ3) is 8.16. The largest absolute Gasteiger partial charge is 0.275 e. The van der Waals surface area contributed by atoms with Gasteiger partial charge in [0.25, 0.3) is 0 Å². The molecule has 0 rings (SSSR count). The van der Waals surface area contributed by atoms with Crippen LogP contribution in [-0.2, 0) is 9.63 Å². The molecule has 0 saturated carbocycles. The Morgan fingerprint density at radius 2 is 1.63 bits per heavy atom. The number of hydrogen-bond acceptors (Lipinski definition) is 2. The first-order valence-electron chi connectivity index (χ1n) is 6.54. The summed E-state index contributed by atoms with van der Waals surface area (Å²) in [5, 5.41) is 1.30. The molecule has 0 aromatic heterocycles. The lowest BCUT2D eigenvalue weighted by Crippen LogP contribution is -2.32. The van der Waals surface area contributed by atoms with E-state index in [0.717, 1.165) is 25.7 Å². The van der Waals surface area contributed by atoms with Crippen LogP contribution < -0.4 is 0 Å². The van der Waals surface area contributed by atoms with Gasteiger partial charge in [0.1, 0.15) is 0 Å². The fourth-order valence-corrected chi connectivity index (χ4v) is 1.72. The number of carbonyl (C=O) groups is 1. The number of rotatable bonds is 10. The second-order valence-electron chi connectivity index (χ2n) is 4.20. The van der Waals surface area contributed by atoms with E-state index in [0.29, 0.717) is 0 Å². The van der Waals surface area contributed by atoms with Gasteiger partial charge in [-0.2, -0.15) is 0 Å². The van der Waals surface area contributed by atoms with Crippen molar-refractivity contribution >= 4 is 5.91 Å². The monoisotopic (exact) mass is 263 g/mol. The molecule has 0 aliphatic carbocycles. The van der Waals surface area contributed by atoms with Crippen molar-refractivity contribution in [3.8, 4) is 0 Å². The van der Waals surface area contributed by atoms with Crippen molar-refractivity contribution < 1.29 is 9.63 Å². The van der Waals surface area contributed by atoms with E-state index in [1.807, 2.05) is 24.3 Å². The molecule has 106 valence electrons. The van der Waals surface area contributed by atoms with Crippen molar-refractivity contribution in [2.75, 3.05) is 14.2 Å². The summed E-state index contributed by atoms with van der Waals surface area (Å²) in [6.45, 7) is 7.25. The van der Waals surface area contributed by atoms with E-state index in [1.165, 1.54) is 12.2 Å². The number of nitrogens with zero attached hydrogens (tertiary/aromatic N) is 1. The van der Waals surface area contributed by atoms with Crippen LogP contribution in [0.5, 0.6) is 0 Å². The average molecular weight is 263 g/mol. The van der Waals surface area contributed by atoms with Crippen molar-refractivity contribution in [1.29, 1.82) is 0 Å². The molecule has 0 saturated heterocycles. The molecule has 0 heterocycles. The molecule has 0 unspecified atom stereocenters. The van der Waals surface area contributed by atoms with Crippen LogP contribution in [0.1, 0.15) is 25.7 Å². The molecule has 0 radical (unpaired) electrons. The summed E-state index contributed by atoms with van der Waals surface area (Å²) >= 11 is 0. The third-order valence-electron chi connectivity index (χ3n) is 2.84. The van der Waals surface area contributed by atoms with Crippen molar-refractivity contribution in [2.24, 2.45) is 5.92 Å². The fourth-order valence-electron chi connectivity index (χ4n) is 1.72. The van der Waals surface area contributed by atoms with Crippen LogP contribution in [0.3, 0.4) is 0 Å². The number of hydroxylamine groups is 2. The Hall–Kier alpha value is -1.61. The molecule has 0 fully saturated rings. The molecular formula is C16H25NO2. The van der Waals surface area contributed by atoms with Gasteiger partial charge in [0.2, 0.25) is 5.91 Å². The number of carbonyl (C=O) groups excluding carboxylic acids is 1. The lowest BCUT2D eigenvalue weighted by Gasteiger charge is -2.21. The Morgan fingerprint density at radius 1 is 1.16 bits per heavy atom. The van der Waals surface area contributed by atoms with Gasteiger partial charge in [0, 0.05) is 13.0 Å². The molecule has 0 aromatic rings. The minimum absolute atomic E-state index is 0.0196. The highest BCUT2D eigenvalue weighted by Crippen LogP contribution is 2.17. The molecule has 0 aromatic carbocycles. The Balaban J connectivity index is 4.40. The maximum atomic E-state index is 12.1. The summed E-state index contributed by atoms with van der Waals surface area (Å²) in [5.41, 5.74) is 0. The van der Waals surface area contributed by atoms with E-state index in [1.54, 1.807) is 19.2 Å². The summed E-state index contributed by atoms with van der Waals surface area (Å²) in [6, 6.07) is 0. The Labute approximate surface area is 116 Å². The van der Waals surface area contributed by atoms with E-state index in [-0.39, 0.29) is 11.8 Å². The van der Waals surface area contributed by atoms with Gasteiger partial charge in [-0.15, -0.1) is 0 Å². The van der Waals surface area contributed by atoms with Crippen LogP contribution in [-0.4, -0.2) is 25.1 Å². The lowest BCUT2D eigenvalue weighted by atomic mass is 9.96. The molecule has 0 atom stereocenters. The second kappa shape index (κ2) is 11.5. The van der Waals surface area contributed by atoms with E-state index in [4.69, 9.17) is 4.84 Å². The highest BCUT2D eigenvalue weighted by Gasteiger charge is 2.20. The highest BCUT2D eigenvalue weighted by molar-refractivity contribution is 5.77. The number of amides is 1. The quantitative estimate of drug-likeness (QED) is 0.444. The molecular weight excluding hydrogens is 238 g/mol. The predicted octanol–water partition coefficient (Wildman–Crippen LogP) is 3.67. The van der Waals surface area contributed by atoms with Crippen LogP contribution in [0.2, 0.25) is 0 Å². The summed E-state index contributed by atoms with van der Waals surface area (Å²) in [7, 11) is 3.15. The Morgan fingerprint density at radius 3 is 2.00 bits per heavy atom. The first-order chi connectivity index (χ1) is 9.17. The zero-order chi connectivity index (χ0) is 14.5. The standard InChI is InChI=1S/C16H25NO2/c1-5-7-9-11-13-15(14-12-10-8-6-2)16(18)17(3)19-4/h5-10,15H,1-2,11-14H2,3-4H3/b9-7+,10-8+. The minimum Gasteiger partial charge on any atom is -0.275 e. The van der Waals surface area contributed by atoms with Gasteiger partial charge in [0.15, 0.2) is 0 Å². The molecule has 3 heteroatoms. The van der Waals surface area contributed by atoms with Crippen molar-refractivity contribution in [1.82, 2.24) is 5.06 Å². The maximum absolute atomic E-state index is 12.1. The summed E-state index contributed by atoms with van der Waals surface area (Å²) < 4.78 is 0. The van der Waals surface area contributed by atoms with Gasteiger partial charge in [-0.25, -0.2) is 5.06 Å². The van der Waals surface area contributed by atoms with Crippen LogP contribution >= 0.6 is 0 Å². The Kier molecular flexibility index (Phi) is 10.5. The number of hydrogen-bond donors (Lipinski definition) is 0. The maximum Gasteiger partial charge on any atom is 0.248 e. The predicted molar refractivity (Wildman–Crippen MR) is 80.4 cm³/mol.